The third kappa shape index (κ3) is 3.53. The van der Waals surface area contributed by atoms with Crippen LogP contribution in [0.4, 0.5) is 5.82 Å². The number of rotatable bonds is 3. The predicted molar refractivity (Wildman–Crippen MR) is 113 cm³/mol. The number of amides is 1. The summed E-state index contributed by atoms with van der Waals surface area (Å²) in [5, 5.41) is 8.89. The maximum absolute atomic E-state index is 12.8. The number of hydrogen-bond donors (Lipinski definition) is 1. The number of aryl methyl sites for hydroxylation is 4. The van der Waals surface area contributed by atoms with E-state index in [1.807, 2.05) is 19.1 Å². The fourth-order valence-electron chi connectivity index (χ4n) is 4.29. The maximum Gasteiger partial charge on any atom is 0.228 e. The number of hydrogen-bond acceptors (Lipinski definition) is 3. The smallest absolute Gasteiger partial charge is 0.228 e. The number of fused-ring (bicyclic) bond motifs is 1. The Morgan fingerprint density at radius 1 is 1.00 bits per heavy atom. The topological polar surface area (TPSA) is 59.8 Å². The number of carbonyl (C=O) groups is 1. The van der Waals surface area contributed by atoms with Gasteiger partial charge < -0.3 is 5.32 Å². The van der Waals surface area contributed by atoms with Crippen LogP contribution in [0.2, 0.25) is 0 Å². The van der Waals surface area contributed by atoms with Crippen molar-refractivity contribution in [2.45, 2.75) is 59.8 Å². The minimum Gasteiger partial charge on any atom is -0.310 e. The molecule has 0 atom stereocenters. The Morgan fingerprint density at radius 3 is 2.50 bits per heavy atom. The Labute approximate surface area is 166 Å². The molecule has 28 heavy (non-hydrogen) atoms. The molecule has 5 heteroatoms. The Bertz CT molecular complexity index is 1040. The molecular formula is C23H28N4O. The van der Waals surface area contributed by atoms with Gasteiger partial charge in [0.25, 0.3) is 0 Å². The molecule has 2 aromatic heterocycles. The summed E-state index contributed by atoms with van der Waals surface area (Å²) in [6.07, 6.45) is 5.47. The maximum atomic E-state index is 12.8. The number of aromatic nitrogens is 3. The van der Waals surface area contributed by atoms with E-state index in [1.54, 1.807) is 4.68 Å². The summed E-state index contributed by atoms with van der Waals surface area (Å²) in [5.41, 5.74) is 5.39. The van der Waals surface area contributed by atoms with Crippen LogP contribution >= 0.6 is 0 Å². The van der Waals surface area contributed by atoms with Gasteiger partial charge in [-0.2, -0.15) is 9.78 Å². The normalized spacial score (nSPS) is 15.1. The zero-order valence-corrected chi connectivity index (χ0v) is 17.2. The quantitative estimate of drug-likeness (QED) is 0.686. The molecular weight excluding hydrogens is 348 g/mol. The molecule has 0 saturated heterocycles. The summed E-state index contributed by atoms with van der Waals surface area (Å²) in [7, 11) is 0. The fourth-order valence-corrected chi connectivity index (χ4v) is 4.29. The molecule has 5 nitrogen and oxygen atoms in total. The van der Waals surface area contributed by atoms with Gasteiger partial charge in [-0.15, -0.1) is 0 Å². The van der Waals surface area contributed by atoms with Crippen molar-refractivity contribution in [2.75, 3.05) is 5.32 Å². The standard InChI is InChI=1S/C23H28N4O/c1-14-10-16(3)22-19(11-14)15(2)12-20(24-22)27-21(13-17(4)26-27)25-23(28)18-8-6-5-7-9-18/h10-13,18H,5-9H2,1-4H3,(H,25,28). The summed E-state index contributed by atoms with van der Waals surface area (Å²) < 4.78 is 1.77. The monoisotopic (exact) mass is 376 g/mol. The highest BCUT2D eigenvalue weighted by molar-refractivity contribution is 5.92. The molecule has 0 spiro atoms. The van der Waals surface area contributed by atoms with Crippen LogP contribution in [-0.4, -0.2) is 20.7 Å². The molecule has 0 radical (unpaired) electrons. The summed E-state index contributed by atoms with van der Waals surface area (Å²) in [6, 6.07) is 8.29. The molecule has 1 N–H and O–H groups in total. The highest BCUT2D eigenvalue weighted by Gasteiger charge is 2.23. The van der Waals surface area contributed by atoms with Gasteiger partial charge in [-0.3, -0.25) is 4.79 Å². The highest BCUT2D eigenvalue weighted by atomic mass is 16.2. The van der Waals surface area contributed by atoms with E-state index >= 15 is 0 Å². The summed E-state index contributed by atoms with van der Waals surface area (Å²) in [5.74, 6) is 1.65. The van der Waals surface area contributed by atoms with Gasteiger partial charge in [0.05, 0.1) is 11.2 Å². The molecule has 1 aliphatic carbocycles. The Kier molecular flexibility index (Phi) is 4.92. The van der Waals surface area contributed by atoms with Gasteiger partial charge in [0, 0.05) is 17.4 Å². The van der Waals surface area contributed by atoms with E-state index in [0.29, 0.717) is 5.82 Å². The van der Waals surface area contributed by atoms with Gasteiger partial charge in [0.1, 0.15) is 5.82 Å². The SMILES string of the molecule is Cc1cc(C)c2nc(-n3nc(C)cc3NC(=O)C3CCCCC3)cc(C)c2c1. The van der Waals surface area contributed by atoms with E-state index < -0.39 is 0 Å². The van der Waals surface area contributed by atoms with Crippen LogP contribution in [0.15, 0.2) is 24.3 Å². The molecule has 1 fully saturated rings. The van der Waals surface area contributed by atoms with Crippen LogP contribution < -0.4 is 5.32 Å². The molecule has 146 valence electrons. The summed E-state index contributed by atoms with van der Waals surface area (Å²) >= 11 is 0. The van der Waals surface area contributed by atoms with E-state index in [9.17, 15) is 4.79 Å². The first kappa shape index (κ1) is 18.7. The Morgan fingerprint density at radius 2 is 1.75 bits per heavy atom. The minimum atomic E-state index is 0.102. The van der Waals surface area contributed by atoms with Crippen molar-refractivity contribution >= 4 is 22.6 Å². The van der Waals surface area contributed by atoms with Crippen molar-refractivity contribution in [2.24, 2.45) is 5.92 Å². The molecule has 1 saturated carbocycles. The molecule has 1 amide bonds. The lowest BCUT2D eigenvalue weighted by molar-refractivity contribution is -0.120. The molecule has 0 bridgehead atoms. The lowest BCUT2D eigenvalue weighted by Gasteiger charge is -2.21. The van der Waals surface area contributed by atoms with Crippen LogP contribution in [-0.2, 0) is 4.79 Å². The molecule has 4 rings (SSSR count). The fraction of sp³-hybridized carbons (Fsp3) is 0.435. The Hall–Kier alpha value is -2.69. The van der Waals surface area contributed by atoms with Crippen LogP contribution in [0.25, 0.3) is 16.7 Å². The number of pyridine rings is 1. The van der Waals surface area contributed by atoms with Gasteiger partial charge in [-0.05, 0) is 63.8 Å². The van der Waals surface area contributed by atoms with Crippen molar-refractivity contribution in [3.8, 4) is 5.82 Å². The summed E-state index contributed by atoms with van der Waals surface area (Å²) in [4.78, 5) is 17.6. The van der Waals surface area contributed by atoms with Crippen molar-refractivity contribution in [3.05, 3.63) is 46.6 Å². The molecule has 0 aliphatic heterocycles. The lowest BCUT2D eigenvalue weighted by atomic mass is 9.89. The molecule has 2 heterocycles. The summed E-state index contributed by atoms with van der Waals surface area (Å²) in [6.45, 7) is 8.24. The number of anilines is 1. The van der Waals surface area contributed by atoms with Gasteiger partial charge in [-0.1, -0.05) is 30.9 Å². The van der Waals surface area contributed by atoms with Crippen LogP contribution in [0.3, 0.4) is 0 Å². The van der Waals surface area contributed by atoms with E-state index in [1.165, 1.54) is 12.0 Å². The van der Waals surface area contributed by atoms with Crippen LogP contribution in [0, 0.1) is 33.6 Å². The average Bonchev–Trinajstić information content (AvgIpc) is 3.03. The van der Waals surface area contributed by atoms with E-state index in [-0.39, 0.29) is 11.8 Å². The van der Waals surface area contributed by atoms with Gasteiger partial charge in [-0.25, -0.2) is 4.98 Å². The largest absolute Gasteiger partial charge is 0.310 e. The first-order valence-corrected chi connectivity index (χ1v) is 10.2. The van der Waals surface area contributed by atoms with Crippen molar-refractivity contribution in [3.63, 3.8) is 0 Å². The first-order chi connectivity index (χ1) is 13.4. The predicted octanol–water partition coefficient (Wildman–Crippen LogP) is 5.17. The number of benzene rings is 1. The molecule has 1 aliphatic rings. The van der Waals surface area contributed by atoms with E-state index in [2.05, 4.69) is 43.3 Å². The van der Waals surface area contributed by atoms with Gasteiger partial charge >= 0.3 is 0 Å². The van der Waals surface area contributed by atoms with Crippen LogP contribution in [0.5, 0.6) is 0 Å². The molecule has 3 aromatic rings. The molecule has 1 aromatic carbocycles. The highest BCUT2D eigenvalue weighted by Crippen LogP contribution is 2.28. The van der Waals surface area contributed by atoms with Crippen molar-refractivity contribution in [1.29, 1.82) is 0 Å². The van der Waals surface area contributed by atoms with Crippen molar-refractivity contribution in [1.82, 2.24) is 14.8 Å². The zero-order chi connectivity index (χ0) is 19.8. The molecule has 0 unspecified atom stereocenters. The van der Waals surface area contributed by atoms with E-state index in [0.717, 1.165) is 59.2 Å². The number of nitrogens with one attached hydrogen (secondary N) is 1. The second-order valence-corrected chi connectivity index (χ2v) is 8.18. The van der Waals surface area contributed by atoms with Gasteiger partial charge in [0.15, 0.2) is 5.82 Å². The number of carbonyl (C=O) groups excluding carboxylic acids is 1. The zero-order valence-electron chi connectivity index (χ0n) is 17.2. The Balaban J connectivity index is 1.73. The minimum absolute atomic E-state index is 0.102. The third-order valence-corrected chi connectivity index (χ3v) is 5.72. The third-order valence-electron chi connectivity index (χ3n) is 5.72. The van der Waals surface area contributed by atoms with E-state index in [4.69, 9.17) is 4.98 Å². The lowest BCUT2D eigenvalue weighted by Crippen LogP contribution is -2.26. The average molecular weight is 377 g/mol. The number of nitrogens with zero attached hydrogens (tertiary/aromatic N) is 3. The van der Waals surface area contributed by atoms with Gasteiger partial charge in [0.2, 0.25) is 5.91 Å². The van der Waals surface area contributed by atoms with Crippen molar-refractivity contribution < 1.29 is 4.79 Å². The second kappa shape index (κ2) is 7.38. The van der Waals surface area contributed by atoms with Crippen LogP contribution in [0.1, 0.15) is 54.5 Å². The second-order valence-electron chi connectivity index (χ2n) is 8.18. The first-order valence-electron chi connectivity index (χ1n) is 10.2.